The van der Waals surface area contributed by atoms with E-state index in [1.54, 1.807) is 20.9 Å². The smallest absolute Gasteiger partial charge is 0.329 e. The number of hydrogen-bond acceptors (Lipinski definition) is 3. The first-order chi connectivity index (χ1) is 7.66. The van der Waals surface area contributed by atoms with Crippen LogP contribution in [0.1, 0.15) is 34.6 Å². The SMILES string of the molecule is CN[C@H](C(=O)N[C@](C)(C(=O)O)C(C)C)C(C)C. The van der Waals surface area contributed by atoms with Gasteiger partial charge in [0.15, 0.2) is 0 Å². The molecule has 2 atom stereocenters. The monoisotopic (exact) mass is 244 g/mol. The van der Waals surface area contributed by atoms with E-state index in [2.05, 4.69) is 10.6 Å². The minimum absolute atomic E-state index is 0.102. The van der Waals surface area contributed by atoms with Crippen molar-refractivity contribution in [1.82, 2.24) is 10.6 Å². The van der Waals surface area contributed by atoms with Gasteiger partial charge in [-0.2, -0.15) is 0 Å². The lowest BCUT2D eigenvalue weighted by atomic mass is 9.87. The quantitative estimate of drug-likeness (QED) is 0.647. The summed E-state index contributed by atoms with van der Waals surface area (Å²) in [7, 11) is 1.69. The molecule has 5 nitrogen and oxygen atoms in total. The molecule has 0 aromatic carbocycles. The molecule has 0 radical (unpaired) electrons. The molecule has 0 fully saturated rings. The molecule has 0 bridgehead atoms. The number of carboxylic acid groups (broad SMARTS) is 1. The van der Waals surface area contributed by atoms with Crippen LogP contribution in [0.25, 0.3) is 0 Å². The van der Waals surface area contributed by atoms with Crippen molar-refractivity contribution in [3.05, 3.63) is 0 Å². The fraction of sp³-hybridized carbons (Fsp3) is 0.833. The van der Waals surface area contributed by atoms with Crippen LogP contribution in [0.15, 0.2) is 0 Å². The maximum atomic E-state index is 12.0. The van der Waals surface area contributed by atoms with Crippen molar-refractivity contribution in [3.63, 3.8) is 0 Å². The molecular formula is C12H24N2O3. The van der Waals surface area contributed by atoms with Crippen LogP contribution in [0.2, 0.25) is 0 Å². The second kappa shape index (κ2) is 6.00. The normalized spacial score (nSPS) is 16.7. The van der Waals surface area contributed by atoms with Crippen molar-refractivity contribution in [2.45, 2.75) is 46.2 Å². The summed E-state index contributed by atoms with van der Waals surface area (Å²) < 4.78 is 0. The predicted molar refractivity (Wildman–Crippen MR) is 66.7 cm³/mol. The molecule has 0 rings (SSSR count). The highest BCUT2D eigenvalue weighted by atomic mass is 16.4. The fourth-order valence-electron chi connectivity index (χ4n) is 1.55. The highest BCUT2D eigenvalue weighted by Gasteiger charge is 2.39. The van der Waals surface area contributed by atoms with Gasteiger partial charge in [-0.1, -0.05) is 27.7 Å². The number of hydrogen-bond donors (Lipinski definition) is 3. The summed E-state index contributed by atoms with van der Waals surface area (Å²) in [4.78, 5) is 23.2. The van der Waals surface area contributed by atoms with E-state index in [1.807, 2.05) is 13.8 Å². The first-order valence-corrected chi connectivity index (χ1v) is 5.89. The van der Waals surface area contributed by atoms with Gasteiger partial charge in [0.05, 0.1) is 6.04 Å². The maximum Gasteiger partial charge on any atom is 0.329 e. The van der Waals surface area contributed by atoms with E-state index in [1.165, 1.54) is 6.92 Å². The maximum absolute atomic E-state index is 12.0. The fourth-order valence-corrected chi connectivity index (χ4v) is 1.55. The number of carbonyl (C=O) groups is 2. The van der Waals surface area contributed by atoms with E-state index >= 15 is 0 Å². The molecule has 0 unspecified atom stereocenters. The van der Waals surface area contributed by atoms with E-state index in [-0.39, 0.29) is 23.8 Å². The van der Waals surface area contributed by atoms with E-state index in [0.717, 1.165) is 0 Å². The molecule has 0 aromatic heterocycles. The predicted octanol–water partition coefficient (Wildman–Crippen LogP) is 0.846. The van der Waals surface area contributed by atoms with Gasteiger partial charge in [0, 0.05) is 0 Å². The van der Waals surface area contributed by atoms with Crippen LogP contribution in [0.5, 0.6) is 0 Å². The lowest BCUT2D eigenvalue weighted by Gasteiger charge is -2.32. The van der Waals surface area contributed by atoms with Crippen molar-refractivity contribution < 1.29 is 14.7 Å². The zero-order valence-electron chi connectivity index (χ0n) is 11.5. The van der Waals surface area contributed by atoms with Gasteiger partial charge in [-0.15, -0.1) is 0 Å². The molecule has 17 heavy (non-hydrogen) atoms. The average Bonchev–Trinajstić information content (AvgIpc) is 2.16. The van der Waals surface area contributed by atoms with Crippen molar-refractivity contribution in [3.8, 4) is 0 Å². The molecule has 5 heteroatoms. The molecule has 0 aliphatic rings. The van der Waals surface area contributed by atoms with Crippen molar-refractivity contribution in [1.29, 1.82) is 0 Å². The molecule has 0 aliphatic carbocycles. The van der Waals surface area contributed by atoms with Crippen molar-refractivity contribution in [2.75, 3.05) is 7.05 Å². The van der Waals surface area contributed by atoms with E-state index in [4.69, 9.17) is 0 Å². The third-order valence-electron chi connectivity index (χ3n) is 3.24. The van der Waals surface area contributed by atoms with Crippen molar-refractivity contribution >= 4 is 11.9 Å². The number of rotatable bonds is 6. The summed E-state index contributed by atoms with van der Waals surface area (Å²) in [5, 5.41) is 14.7. The topological polar surface area (TPSA) is 78.4 Å². The third kappa shape index (κ3) is 3.70. The van der Waals surface area contributed by atoms with Gasteiger partial charge >= 0.3 is 5.97 Å². The summed E-state index contributed by atoms with van der Waals surface area (Å²) in [6.07, 6.45) is 0. The Labute approximate surface area is 103 Å². The number of aliphatic carboxylic acids is 1. The van der Waals surface area contributed by atoms with Crippen LogP contribution >= 0.6 is 0 Å². The minimum atomic E-state index is -1.24. The third-order valence-corrected chi connectivity index (χ3v) is 3.24. The summed E-state index contributed by atoms with van der Waals surface area (Å²) >= 11 is 0. The molecule has 0 aromatic rings. The first-order valence-electron chi connectivity index (χ1n) is 5.89. The molecule has 0 saturated carbocycles. The Bertz CT molecular complexity index is 289. The van der Waals surface area contributed by atoms with Crippen molar-refractivity contribution in [2.24, 2.45) is 11.8 Å². The van der Waals surface area contributed by atoms with Gasteiger partial charge < -0.3 is 15.7 Å². The van der Waals surface area contributed by atoms with Crippen LogP contribution in [0.3, 0.4) is 0 Å². The van der Waals surface area contributed by atoms with Crippen LogP contribution in [0.4, 0.5) is 0 Å². The Balaban J connectivity index is 4.91. The molecule has 0 saturated heterocycles. The zero-order chi connectivity index (χ0) is 13.8. The van der Waals surface area contributed by atoms with Gasteiger partial charge in [-0.05, 0) is 25.8 Å². The highest BCUT2D eigenvalue weighted by Crippen LogP contribution is 2.17. The van der Waals surface area contributed by atoms with Gasteiger partial charge in [-0.3, -0.25) is 4.79 Å². The summed E-state index contributed by atoms with van der Waals surface area (Å²) in [5.74, 6) is -1.38. The lowest BCUT2D eigenvalue weighted by molar-refractivity contribution is -0.149. The molecule has 0 spiro atoms. The average molecular weight is 244 g/mol. The summed E-state index contributed by atoms with van der Waals surface area (Å²) in [6.45, 7) is 8.91. The second-order valence-corrected chi connectivity index (χ2v) is 5.16. The van der Waals surface area contributed by atoms with Crippen LogP contribution in [-0.2, 0) is 9.59 Å². The van der Waals surface area contributed by atoms with Crippen LogP contribution in [-0.4, -0.2) is 35.6 Å². The minimum Gasteiger partial charge on any atom is -0.480 e. The number of nitrogens with one attached hydrogen (secondary N) is 2. The molecule has 1 amide bonds. The van der Waals surface area contributed by atoms with Gasteiger partial charge in [0.25, 0.3) is 0 Å². The van der Waals surface area contributed by atoms with Crippen LogP contribution in [0, 0.1) is 11.8 Å². The van der Waals surface area contributed by atoms with E-state index in [9.17, 15) is 14.7 Å². The zero-order valence-corrected chi connectivity index (χ0v) is 11.5. The highest BCUT2D eigenvalue weighted by molar-refractivity contribution is 5.89. The number of likely N-dealkylation sites (N-methyl/N-ethyl adjacent to an activating group) is 1. The van der Waals surface area contributed by atoms with Crippen LogP contribution < -0.4 is 10.6 Å². The first kappa shape index (κ1) is 15.9. The molecular weight excluding hydrogens is 220 g/mol. The molecule has 0 heterocycles. The Morgan fingerprint density at radius 1 is 1.18 bits per heavy atom. The summed E-state index contributed by atoms with van der Waals surface area (Å²) in [5.41, 5.74) is -1.24. The number of carbonyl (C=O) groups excluding carboxylic acids is 1. The molecule has 100 valence electrons. The molecule has 0 aliphatic heterocycles. The van der Waals surface area contributed by atoms with E-state index in [0.29, 0.717) is 0 Å². The largest absolute Gasteiger partial charge is 0.480 e. The van der Waals surface area contributed by atoms with E-state index < -0.39 is 11.5 Å². The van der Waals surface area contributed by atoms with Gasteiger partial charge in [0.2, 0.25) is 5.91 Å². The summed E-state index contributed by atoms with van der Waals surface area (Å²) in [6, 6.07) is -0.382. The number of amides is 1. The standard InChI is InChI=1S/C12H24N2O3/c1-7(2)9(13-6)10(15)14-12(5,8(3)4)11(16)17/h7-9,13H,1-6H3,(H,14,15)(H,16,17)/t9-,12-/m0/s1. The Morgan fingerprint density at radius 2 is 1.65 bits per heavy atom. The van der Waals surface area contributed by atoms with Gasteiger partial charge in [-0.25, -0.2) is 4.79 Å². The Hall–Kier alpha value is -1.10. The number of carboxylic acids is 1. The lowest BCUT2D eigenvalue weighted by Crippen LogP contribution is -2.60. The van der Waals surface area contributed by atoms with Gasteiger partial charge in [0.1, 0.15) is 5.54 Å². The Kier molecular flexibility index (Phi) is 5.61. The second-order valence-electron chi connectivity index (χ2n) is 5.16. The Morgan fingerprint density at radius 3 is 1.88 bits per heavy atom. The molecule has 3 N–H and O–H groups in total.